The fraction of sp³-hybridized carbons (Fsp3) is 0.286. The fourth-order valence-corrected chi connectivity index (χ4v) is 4.08. The number of hydrogen-bond donors (Lipinski definition) is 2. The molecule has 0 aliphatic carbocycles. The maximum atomic E-state index is 13.3. The average Bonchev–Trinajstić information content (AvgIpc) is 3.31. The minimum atomic E-state index is -0.472. The summed E-state index contributed by atoms with van der Waals surface area (Å²) in [5, 5.41) is 8.31. The lowest BCUT2D eigenvalue weighted by molar-refractivity contribution is -0.118. The number of nitrogens with one attached hydrogen (secondary N) is 1. The van der Waals surface area contributed by atoms with Gasteiger partial charge in [0, 0.05) is 29.3 Å². The molecule has 3 N–H and O–H groups in total. The average molecular weight is 501 g/mol. The summed E-state index contributed by atoms with van der Waals surface area (Å²) in [6, 6.07) is 15.0. The second-order valence-corrected chi connectivity index (χ2v) is 9.33. The van der Waals surface area contributed by atoms with Crippen LogP contribution in [0.4, 0.5) is 0 Å². The Balaban J connectivity index is 1.61. The zero-order valence-corrected chi connectivity index (χ0v) is 21.6. The lowest BCUT2D eigenvalue weighted by Gasteiger charge is -2.19. The number of para-hydroxylation sites is 1. The largest absolute Gasteiger partial charge is 0.492 e. The summed E-state index contributed by atoms with van der Waals surface area (Å²) < 4.78 is 7.32. The van der Waals surface area contributed by atoms with E-state index in [0.717, 1.165) is 34.1 Å². The number of nitrogens with zero attached hydrogens (tertiary/aromatic N) is 4. The van der Waals surface area contributed by atoms with Crippen molar-refractivity contribution in [2.75, 3.05) is 27.2 Å². The molecule has 0 radical (unpaired) electrons. The molecule has 0 bridgehead atoms. The van der Waals surface area contributed by atoms with E-state index in [1.165, 1.54) is 4.68 Å². The first-order valence-electron chi connectivity index (χ1n) is 12.1. The molecule has 1 unspecified atom stereocenters. The van der Waals surface area contributed by atoms with Crippen LogP contribution in [0.1, 0.15) is 34.5 Å². The molecule has 0 spiro atoms. The molecular formula is C28H32N6O3. The number of pyridine rings is 1. The number of primary amides is 1. The van der Waals surface area contributed by atoms with Crippen molar-refractivity contribution in [2.24, 2.45) is 5.73 Å². The van der Waals surface area contributed by atoms with Gasteiger partial charge in [0.2, 0.25) is 5.91 Å². The Morgan fingerprint density at radius 2 is 1.95 bits per heavy atom. The smallest absolute Gasteiger partial charge is 0.252 e. The first-order valence-corrected chi connectivity index (χ1v) is 12.1. The summed E-state index contributed by atoms with van der Waals surface area (Å²) in [6.45, 7) is 5.17. The number of aryl methyl sites for hydroxylation is 1. The van der Waals surface area contributed by atoms with Crippen LogP contribution in [0, 0.1) is 6.92 Å². The first-order chi connectivity index (χ1) is 17.7. The maximum Gasteiger partial charge on any atom is 0.252 e. The third-order valence-electron chi connectivity index (χ3n) is 6.07. The normalized spacial score (nSPS) is 12.0. The van der Waals surface area contributed by atoms with Crippen LogP contribution in [0.15, 0.2) is 60.9 Å². The Morgan fingerprint density at radius 1 is 1.16 bits per heavy atom. The number of carbonyl (C=O) groups is 2. The van der Waals surface area contributed by atoms with Gasteiger partial charge in [0.05, 0.1) is 23.4 Å². The van der Waals surface area contributed by atoms with Crippen molar-refractivity contribution in [3.63, 3.8) is 0 Å². The zero-order valence-electron chi connectivity index (χ0n) is 21.6. The molecule has 9 heteroatoms. The van der Waals surface area contributed by atoms with E-state index in [-0.39, 0.29) is 18.5 Å². The third kappa shape index (κ3) is 6.31. The second kappa shape index (κ2) is 11.2. The summed E-state index contributed by atoms with van der Waals surface area (Å²) in [6.07, 6.45) is 3.39. The van der Waals surface area contributed by atoms with Gasteiger partial charge in [-0.05, 0) is 63.3 Å². The van der Waals surface area contributed by atoms with E-state index in [4.69, 9.17) is 15.5 Å². The molecule has 0 fully saturated rings. The molecule has 37 heavy (non-hydrogen) atoms. The highest BCUT2D eigenvalue weighted by atomic mass is 16.5. The molecule has 0 aliphatic heterocycles. The molecule has 0 saturated carbocycles. The predicted octanol–water partition coefficient (Wildman–Crippen LogP) is 3.32. The van der Waals surface area contributed by atoms with E-state index in [1.54, 1.807) is 18.5 Å². The van der Waals surface area contributed by atoms with Crippen LogP contribution in [0.2, 0.25) is 0 Å². The van der Waals surface area contributed by atoms with Gasteiger partial charge in [0.1, 0.15) is 18.9 Å². The lowest BCUT2D eigenvalue weighted by atomic mass is 9.99. The third-order valence-corrected chi connectivity index (χ3v) is 6.07. The minimum Gasteiger partial charge on any atom is -0.492 e. The second-order valence-electron chi connectivity index (χ2n) is 9.33. The van der Waals surface area contributed by atoms with Gasteiger partial charge in [0.25, 0.3) is 5.91 Å². The molecular weight excluding hydrogens is 468 g/mol. The fourth-order valence-electron chi connectivity index (χ4n) is 4.08. The van der Waals surface area contributed by atoms with Gasteiger partial charge in [-0.2, -0.15) is 5.10 Å². The number of rotatable bonds is 10. The molecule has 1 atom stereocenters. The number of ether oxygens (including phenoxy) is 1. The van der Waals surface area contributed by atoms with Crippen LogP contribution in [-0.4, -0.2) is 58.7 Å². The van der Waals surface area contributed by atoms with Crippen molar-refractivity contribution in [1.29, 1.82) is 0 Å². The molecule has 9 nitrogen and oxygen atoms in total. The maximum absolute atomic E-state index is 13.3. The number of amides is 2. The standard InChI is InChI=1S/C28H32N6O3/c1-18-9-10-21(37-12-11-33(3)4)13-23(18)28(36)31-19(2)24-14-26(32-25-8-6-5-7-22(24)25)20-15-30-34(16-20)17-27(29)35/h5-10,13-16,19H,11-12,17H2,1-4H3,(H2,29,35)(H,31,36). The van der Waals surface area contributed by atoms with Crippen molar-refractivity contribution < 1.29 is 14.3 Å². The van der Waals surface area contributed by atoms with E-state index in [0.29, 0.717) is 23.6 Å². The SMILES string of the molecule is Cc1ccc(OCCN(C)C)cc1C(=O)NC(C)c1cc(-c2cnn(CC(N)=O)c2)nc2ccccc12. The summed E-state index contributed by atoms with van der Waals surface area (Å²) in [4.78, 5) is 31.4. The quantitative estimate of drug-likeness (QED) is 0.345. The van der Waals surface area contributed by atoms with Crippen LogP contribution in [0.3, 0.4) is 0 Å². The molecule has 2 aromatic carbocycles. The minimum absolute atomic E-state index is 0.00975. The van der Waals surface area contributed by atoms with Gasteiger partial charge in [-0.25, -0.2) is 4.98 Å². The monoisotopic (exact) mass is 500 g/mol. The molecule has 2 aromatic heterocycles. The molecule has 0 aliphatic rings. The van der Waals surface area contributed by atoms with E-state index in [1.807, 2.05) is 75.3 Å². The molecule has 4 aromatic rings. The molecule has 192 valence electrons. The molecule has 0 saturated heterocycles. The number of nitrogens with two attached hydrogens (primary N) is 1. The number of benzene rings is 2. The van der Waals surface area contributed by atoms with Crippen LogP contribution < -0.4 is 15.8 Å². The number of aromatic nitrogens is 3. The number of carbonyl (C=O) groups excluding carboxylic acids is 2. The molecule has 4 rings (SSSR count). The van der Waals surface area contributed by atoms with Crippen LogP contribution in [-0.2, 0) is 11.3 Å². The highest BCUT2D eigenvalue weighted by Gasteiger charge is 2.18. The van der Waals surface area contributed by atoms with Gasteiger partial charge in [0.15, 0.2) is 0 Å². The molecule has 2 heterocycles. The van der Waals surface area contributed by atoms with E-state index >= 15 is 0 Å². The van der Waals surface area contributed by atoms with Crippen molar-refractivity contribution in [3.05, 3.63) is 77.6 Å². The van der Waals surface area contributed by atoms with Gasteiger partial charge in [-0.3, -0.25) is 14.3 Å². The van der Waals surface area contributed by atoms with Crippen LogP contribution in [0.25, 0.3) is 22.2 Å². The summed E-state index contributed by atoms with van der Waals surface area (Å²) in [7, 11) is 3.97. The number of fused-ring (bicyclic) bond motifs is 1. The Morgan fingerprint density at radius 3 is 2.70 bits per heavy atom. The topological polar surface area (TPSA) is 115 Å². The predicted molar refractivity (Wildman–Crippen MR) is 143 cm³/mol. The van der Waals surface area contributed by atoms with Gasteiger partial charge in [-0.15, -0.1) is 0 Å². The van der Waals surface area contributed by atoms with Crippen LogP contribution >= 0.6 is 0 Å². The van der Waals surface area contributed by atoms with Crippen molar-refractivity contribution in [1.82, 2.24) is 25.0 Å². The Labute approximate surface area is 216 Å². The Kier molecular flexibility index (Phi) is 7.83. The van der Waals surface area contributed by atoms with Gasteiger partial charge in [-0.1, -0.05) is 24.3 Å². The summed E-state index contributed by atoms with van der Waals surface area (Å²) in [5.74, 6) is 0.00950. The van der Waals surface area contributed by atoms with E-state index in [2.05, 4.69) is 10.4 Å². The van der Waals surface area contributed by atoms with Gasteiger partial charge < -0.3 is 20.7 Å². The first kappa shape index (κ1) is 25.8. The van der Waals surface area contributed by atoms with Crippen LogP contribution in [0.5, 0.6) is 5.75 Å². The zero-order chi connectivity index (χ0) is 26.5. The van der Waals surface area contributed by atoms with Crippen molar-refractivity contribution in [3.8, 4) is 17.0 Å². The van der Waals surface area contributed by atoms with Crippen molar-refractivity contribution >= 4 is 22.7 Å². The Hall–Kier alpha value is -4.24. The highest BCUT2D eigenvalue weighted by molar-refractivity contribution is 5.97. The van der Waals surface area contributed by atoms with Crippen molar-refractivity contribution in [2.45, 2.75) is 26.4 Å². The summed E-state index contributed by atoms with van der Waals surface area (Å²) in [5.41, 5.74) is 9.90. The number of likely N-dealkylation sites (N-methyl/N-ethyl adjacent to an activating group) is 1. The lowest BCUT2D eigenvalue weighted by Crippen LogP contribution is -2.27. The number of hydrogen-bond acceptors (Lipinski definition) is 6. The highest BCUT2D eigenvalue weighted by Crippen LogP contribution is 2.29. The molecule has 2 amide bonds. The van der Waals surface area contributed by atoms with Gasteiger partial charge >= 0.3 is 0 Å². The van der Waals surface area contributed by atoms with E-state index < -0.39 is 5.91 Å². The summed E-state index contributed by atoms with van der Waals surface area (Å²) >= 11 is 0. The Bertz CT molecular complexity index is 1430. The van der Waals surface area contributed by atoms with E-state index in [9.17, 15) is 9.59 Å².